The molecule has 0 heterocycles. The van der Waals surface area contributed by atoms with Crippen molar-refractivity contribution in [1.82, 2.24) is 0 Å². The number of allylic oxidation sites excluding steroid dienone is 3. The van der Waals surface area contributed by atoms with E-state index in [9.17, 15) is 13.6 Å². The van der Waals surface area contributed by atoms with Crippen molar-refractivity contribution >= 4 is 11.9 Å². The van der Waals surface area contributed by atoms with Gasteiger partial charge in [-0.25, -0.2) is 8.78 Å². The van der Waals surface area contributed by atoms with Gasteiger partial charge in [0, 0.05) is 0 Å². The molecule has 0 N–H and O–H groups in total. The highest BCUT2D eigenvalue weighted by molar-refractivity contribution is 5.85. The third-order valence-corrected chi connectivity index (χ3v) is 3.93. The van der Waals surface area contributed by atoms with Crippen LogP contribution in [-0.2, 0) is 4.79 Å². The zero-order chi connectivity index (χ0) is 16.2. The maximum atomic E-state index is 13.3. The van der Waals surface area contributed by atoms with Crippen molar-refractivity contribution in [1.29, 1.82) is 0 Å². The molecule has 0 aliphatic heterocycles. The molecule has 0 spiro atoms. The van der Waals surface area contributed by atoms with Gasteiger partial charge in [-0.1, -0.05) is 30.3 Å². The molecule has 0 unspecified atom stereocenters. The summed E-state index contributed by atoms with van der Waals surface area (Å²) in [5.74, 6) is -0.219. The first-order valence-corrected chi connectivity index (χ1v) is 7.57. The molecule has 1 fully saturated rings. The second kappa shape index (κ2) is 6.69. The van der Waals surface area contributed by atoms with Crippen LogP contribution in [0.3, 0.4) is 0 Å². The SMILES string of the molecule is O=C/C=C/C(=C(c1ccc(F)cc1)c1ccc(F)cc1)C1CC1. The minimum absolute atomic E-state index is 0.302. The summed E-state index contributed by atoms with van der Waals surface area (Å²) in [5, 5.41) is 0. The molecule has 1 aliphatic rings. The number of carbonyl (C=O) groups is 1. The first-order chi connectivity index (χ1) is 11.2. The number of hydrogen-bond acceptors (Lipinski definition) is 1. The minimum atomic E-state index is -0.302. The van der Waals surface area contributed by atoms with Gasteiger partial charge in [0.05, 0.1) is 0 Å². The molecule has 0 radical (unpaired) electrons. The van der Waals surface area contributed by atoms with Gasteiger partial charge in [-0.3, -0.25) is 4.79 Å². The fourth-order valence-electron chi connectivity index (χ4n) is 2.69. The number of aldehydes is 1. The number of halogens is 2. The molecule has 0 aromatic heterocycles. The first-order valence-electron chi connectivity index (χ1n) is 7.57. The van der Waals surface area contributed by atoms with Crippen molar-refractivity contribution in [3.05, 3.63) is 89.0 Å². The maximum absolute atomic E-state index is 13.3. The number of carbonyl (C=O) groups excluding carboxylic acids is 1. The summed E-state index contributed by atoms with van der Waals surface area (Å²) in [4.78, 5) is 10.7. The molecule has 0 saturated heterocycles. The zero-order valence-electron chi connectivity index (χ0n) is 12.5. The largest absolute Gasteiger partial charge is 0.299 e. The lowest BCUT2D eigenvalue weighted by Crippen LogP contribution is -1.96. The van der Waals surface area contributed by atoms with Crippen LogP contribution in [0.4, 0.5) is 8.78 Å². The van der Waals surface area contributed by atoms with E-state index in [-0.39, 0.29) is 11.6 Å². The summed E-state index contributed by atoms with van der Waals surface area (Å²) in [6, 6.07) is 12.5. The zero-order valence-corrected chi connectivity index (χ0v) is 12.5. The van der Waals surface area contributed by atoms with Crippen molar-refractivity contribution in [2.45, 2.75) is 12.8 Å². The van der Waals surface area contributed by atoms with E-state index in [1.807, 2.05) is 6.08 Å². The molecule has 0 atom stereocenters. The van der Waals surface area contributed by atoms with E-state index in [0.29, 0.717) is 5.92 Å². The van der Waals surface area contributed by atoms with Crippen LogP contribution in [-0.4, -0.2) is 6.29 Å². The fraction of sp³-hybridized carbons (Fsp3) is 0.150. The van der Waals surface area contributed by atoms with Crippen LogP contribution in [0.1, 0.15) is 24.0 Å². The first kappa shape index (κ1) is 15.3. The lowest BCUT2D eigenvalue weighted by Gasteiger charge is -2.14. The van der Waals surface area contributed by atoms with Crippen LogP contribution in [0, 0.1) is 17.6 Å². The molecular weight excluding hydrogens is 294 g/mol. The maximum Gasteiger partial charge on any atom is 0.142 e. The van der Waals surface area contributed by atoms with Crippen LogP contribution in [0.5, 0.6) is 0 Å². The summed E-state index contributed by atoms with van der Waals surface area (Å²) in [7, 11) is 0. The second-order valence-electron chi connectivity index (χ2n) is 5.61. The Hall–Kier alpha value is -2.55. The molecule has 3 rings (SSSR count). The van der Waals surface area contributed by atoms with E-state index in [0.717, 1.165) is 41.4 Å². The highest BCUT2D eigenvalue weighted by atomic mass is 19.1. The summed E-state index contributed by atoms with van der Waals surface area (Å²) >= 11 is 0. The van der Waals surface area contributed by atoms with Crippen molar-refractivity contribution in [3.8, 4) is 0 Å². The molecule has 3 heteroatoms. The third-order valence-electron chi connectivity index (χ3n) is 3.93. The molecule has 23 heavy (non-hydrogen) atoms. The summed E-state index contributed by atoms with van der Waals surface area (Å²) in [6.45, 7) is 0. The Morgan fingerprint density at radius 2 is 1.35 bits per heavy atom. The lowest BCUT2D eigenvalue weighted by atomic mass is 9.90. The molecule has 1 aliphatic carbocycles. The van der Waals surface area contributed by atoms with E-state index in [4.69, 9.17) is 0 Å². The van der Waals surface area contributed by atoms with Gasteiger partial charge in [-0.2, -0.15) is 0 Å². The molecule has 2 aromatic rings. The van der Waals surface area contributed by atoms with Gasteiger partial charge >= 0.3 is 0 Å². The van der Waals surface area contributed by atoms with Crippen LogP contribution in [0.2, 0.25) is 0 Å². The highest BCUT2D eigenvalue weighted by Crippen LogP contribution is 2.43. The van der Waals surface area contributed by atoms with Crippen LogP contribution >= 0.6 is 0 Å². The Morgan fingerprint density at radius 1 is 0.870 bits per heavy atom. The number of benzene rings is 2. The van der Waals surface area contributed by atoms with E-state index in [1.54, 1.807) is 24.3 Å². The van der Waals surface area contributed by atoms with Gasteiger partial charge < -0.3 is 0 Å². The molecule has 0 bridgehead atoms. The van der Waals surface area contributed by atoms with Crippen molar-refractivity contribution in [3.63, 3.8) is 0 Å². The van der Waals surface area contributed by atoms with Gasteiger partial charge in [-0.05, 0) is 71.4 Å². The third kappa shape index (κ3) is 3.62. The summed E-state index contributed by atoms with van der Waals surface area (Å²) in [5.41, 5.74) is 3.67. The number of hydrogen-bond donors (Lipinski definition) is 0. The molecule has 2 aromatic carbocycles. The Bertz CT molecular complexity index is 704. The predicted octanol–water partition coefficient (Wildman–Crippen LogP) is 4.93. The molecule has 1 nitrogen and oxygen atoms in total. The fourth-order valence-corrected chi connectivity index (χ4v) is 2.69. The highest BCUT2D eigenvalue weighted by Gasteiger charge is 2.28. The normalized spacial score (nSPS) is 14.0. The van der Waals surface area contributed by atoms with Crippen molar-refractivity contribution < 1.29 is 13.6 Å². The number of rotatable bonds is 5. The van der Waals surface area contributed by atoms with Gasteiger partial charge in [0.2, 0.25) is 0 Å². The van der Waals surface area contributed by atoms with Gasteiger partial charge in [0.25, 0.3) is 0 Å². The van der Waals surface area contributed by atoms with Crippen molar-refractivity contribution in [2.24, 2.45) is 5.92 Å². The quantitative estimate of drug-likeness (QED) is 0.435. The van der Waals surface area contributed by atoms with Crippen LogP contribution < -0.4 is 0 Å². The van der Waals surface area contributed by atoms with Crippen LogP contribution in [0.25, 0.3) is 5.57 Å². The molecular formula is C20H16F2O. The Morgan fingerprint density at radius 3 is 1.74 bits per heavy atom. The van der Waals surface area contributed by atoms with Gasteiger partial charge in [-0.15, -0.1) is 0 Å². The predicted molar refractivity (Wildman–Crippen MR) is 86.8 cm³/mol. The summed E-state index contributed by atoms with van der Waals surface area (Å²) < 4.78 is 26.5. The Labute approximate surface area is 134 Å². The van der Waals surface area contributed by atoms with Crippen molar-refractivity contribution in [2.75, 3.05) is 0 Å². The van der Waals surface area contributed by atoms with E-state index < -0.39 is 0 Å². The topological polar surface area (TPSA) is 17.1 Å². The van der Waals surface area contributed by atoms with Crippen LogP contribution in [0.15, 0.2) is 66.3 Å². The second-order valence-corrected chi connectivity index (χ2v) is 5.61. The smallest absolute Gasteiger partial charge is 0.142 e. The Kier molecular flexibility index (Phi) is 4.47. The average Bonchev–Trinajstić information content (AvgIpc) is 3.39. The van der Waals surface area contributed by atoms with E-state index in [1.165, 1.54) is 30.3 Å². The van der Waals surface area contributed by atoms with Gasteiger partial charge in [0.15, 0.2) is 0 Å². The standard InChI is InChI=1S/C20H16F2O/c21-17-9-5-15(6-10-17)20(16-7-11-18(22)12-8-16)19(2-1-13-23)14-3-4-14/h1-2,5-14H,3-4H2/b2-1+. The molecule has 0 amide bonds. The van der Waals surface area contributed by atoms with E-state index >= 15 is 0 Å². The molecule has 116 valence electrons. The monoisotopic (exact) mass is 310 g/mol. The summed E-state index contributed by atoms with van der Waals surface area (Å²) in [6.07, 6.45) is 6.15. The van der Waals surface area contributed by atoms with E-state index in [2.05, 4.69) is 0 Å². The molecule has 1 saturated carbocycles. The Balaban J connectivity index is 2.19. The average molecular weight is 310 g/mol. The lowest BCUT2D eigenvalue weighted by molar-refractivity contribution is -0.104. The minimum Gasteiger partial charge on any atom is -0.299 e. The van der Waals surface area contributed by atoms with Gasteiger partial charge in [0.1, 0.15) is 17.9 Å².